The summed E-state index contributed by atoms with van der Waals surface area (Å²) in [6.07, 6.45) is 2.49. The Morgan fingerprint density at radius 3 is 2.67 bits per heavy atom. The molecule has 3 heterocycles. The largest absolute Gasteiger partial charge is 0.490 e. The van der Waals surface area contributed by atoms with Gasteiger partial charge in [0, 0.05) is 24.2 Å². The normalized spacial score (nSPS) is 19.2. The molecular weight excluding hydrogens is 528 g/mol. The molecule has 1 N–H and O–H groups in total. The zero-order valence-electron chi connectivity index (χ0n) is 21.1. The van der Waals surface area contributed by atoms with Crippen LogP contribution in [0, 0.1) is 10.1 Å². The number of amides is 3. The van der Waals surface area contributed by atoms with Gasteiger partial charge in [0.2, 0.25) is 5.91 Å². The number of piperazine rings is 1. The number of nitro benzene ring substituents is 1. The number of ether oxygens (including phenoxy) is 1. The summed E-state index contributed by atoms with van der Waals surface area (Å²) >= 11 is 6.16. The standard InChI is InChI=1S/C26H25ClN6O6/c1-15(2)39-20-11-18(33(36)37)7-8-19(20)25-30-23(21-12-28-14-38-21)24(16-3-5-17(27)6-4-16)32(25)26(35)31-10-9-29-22(34)13-31/h3-8,11-12,14-15,23-24H,9-10,13H2,1-2H3,(H,29,34). The molecule has 13 heteroatoms. The van der Waals surface area contributed by atoms with Crippen molar-refractivity contribution in [3.8, 4) is 5.75 Å². The molecule has 2 aliphatic heterocycles. The van der Waals surface area contributed by atoms with Gasteiger partial charge in [-0.3, -0.25) is 24.8 Å². The van der Waals surface area contributed by atoms with Crippen molar-refractivity contribution in [1.29, 1.82) is 0 Å². The molecule has 2 aliphatic rings. The van der Waals surface area contributed by atoms with E-state index in [9.17, 15) is 19.7 Å². The van der Waals surface area contributed by atoms with Gasteiger partial charge < -0.3 is 19.4 Å². The molecule has 1 fully saturated rings. The van der Waals surface area contributed by atoms with E-state index in [2.05, 4.69) is 10.3 Å². The first kappa shape index (κ1) is 26.2. The third-order valence-corrected chi connectivity index (χ3v) is 6.57. The maximum absolute atomic E-state index is 14.2. The smallest absolute Gasteiger partial charge is 0.326 e. The van der Waals surface area contributed by atoms with Gasteiger partial charge in [0.25, 0.3) is 5.69 Å². The van der Waals surface area contributed by atoms with Crippen LogP contribution < -0.4 is 10.1 Å². The van der Waals surface area contributed by atoms with Crippen molar-refractivity contribution in [3.63, 3.8) is 0 Å². The first-order valence-corrected chi connectivity index (χ1v) is 12.6. The minimum absolute atomic E-state index is 0.126. The Morgan fingerprint density at radius 2 is 2.03 bits per heavy atom. The molecule has 3 amide bonds. The molecule has 2 atom stereocenters. The van der Waals surface area contributed by atoms with Crippen molar-refractivity contribution >= 4 is 35.1 Å². The van der Waals surface area contributed by atoms with Gasteiger partial charge in [0.1, 0.15) is 24.2 Å². The molecule has 2 aromatic carbocycles. The molecule has 3 aromatic rings. The molecule has 1 aromatic heterocycles. The van der Waals surface area contributed by atoms with Crippen LogP contribution >= 0.6 is 11.6 Å². The lowest BCUT2D eigenvalue weighted by molar-refractivity contribution is -0.384. The lowest BCUT2D eigenvalue weighted by atomic mass is 9.97. The number of urea groups is 1. The zero-order chi connectivity index (χ0) is 27.7. The van der Waals surface area contributed by atoms with E-state index in [1.165, 1.54) is 40.6 Å². The Bertz CT molecular complexity index is 1430. The fraction of sp³-hybridized carbons (Fsp3) is 0.308. The van der Waals surface area contributed by atoms with Gasteiger partial charge in [-0.2, -0.15) is 0 Å². The number of non-ortho nitro benzene ring substituents is 1. The Hall–Kier alpha value is -4.45. The van der Waals surface area contributed by atoms with E-state index in [0.717, 1.165) is 0 Å². The fourth-order valence-electron chi connectivity index (χ4n) is 4.64. The van der Waals surface area contributed by atoms with E-state index in [1.807, 2.05) is 0 Å². The second kappa shape index (κ2) is 10.7. The number of oxazole rings is 1. The molecule has 0 aliphatic carbocycles. The number of hydrogen-bond donors (Lipinski definition) is 1. The van der Waals surface area contributed by atoms with E-state index in [0.29, 0.717) is 35.0 Å². The molecule has 0 saturated carbocycles. The summed E-state index contributed by atoms with van der Waals surface area (Å²) in [7, 11) is 0. The quantitative estimate of drug-likeness (QED) is 0.358. The van der Waals surface area contributed by atoms with Crippen LogP contribution in [0.3, 0.4) is 0 Å². The molecule has 1 saturated heterocycles. The molecule has 2 unspecified atom stereocenters. The van der Waals surface area contributed by atoms with Gasteiger partial charge in [0.15, 0.2) is 12.2 Å². The summed E-state index contributed by atoms with van der Waals surface area (Å²) in [5, 5.41) is 14.8. The van der Waals surface area contributed by atoms with E-state index < -0.39 is 23.0 Å². The number of carbonyl (C=O) groups is 2. The minimum Gasteiger partial charge on any atom is -0.490 e. The van der Waals surface area contributed by atoms with Gasteiger partial charge in [-0.25, -0.2) is 9.78 Å². The Balaban J connectivity index is 1.70. The topological polar surface area (TPSA) is 143 Å². The molecule has 0 radical (unpaired) electrons. The highest BCUT2D eigenvalue weighted by Crippen LogP contribution is 2.45. The lowest BCUT2D eigenvalue weighted by Crippen LogP contribution is -2.55. The Labute approximate surface area is 228 Å². The van der Waals surface area contributed by atoms with E-state index >= 15 is 0 Å². The number of nitrogens with one attached hydrogen (secondary N) is 1. The minimum atomic E-state index is -0.715. The predicted molar refractivity (Wildman–Crippen MR) is 141 cm³/mol. The number of halogens is 1. The SMILES string of the molecule is CC(C)Oc1cc([N+](=O)[O-])ccc1C1=NC(c2cnco2)C(c2ccc(Cl)cc2)N1C(=O)N1CCNC(=O)C1. The average molecular weight is 553 g/mol. The summed E-state index contributed by atoms with van der Waals surface area (Å²) in [5.41, 5.74) is 0.923. The van der Waals surface area contributed by atoms with Crippen molar-refractivity contribution in [1.82, 2.24) is 20.1 Å². The molecule has 202 valence electrons. The van der Waals surface area contributed by atoms with Gasteiger partial charge >= 0.3 is 6.03 Å². The van der Waals surface area contributed by atoms with Crippen molar-refractivity contribution in [2.24, 2.45) is 4.99 Å². The van der Waals surface area contributed by atoms with E-state index in [4.69, 9.17) is 25.7 Å². The molecule has 0 spiro atoms. The number of benzene rings is 2. The summed E-state index contributed by atoms with van der Waals surface area (Å²) < 4.78 is 11.6. The predicted octanol–water partition coefficient (Wildman–Crippen LogP) is 4.12. The van der Waals surface area contributed by atoms with Crippen LogP contribution in [0.15, 0.2) is 64.5 Å². The second-order valence-corrected chi connectivity index (χ2v) is 9.76. The van der Waals surface area contributed by atoms with Crippen LogP contribution in [0.4, 0.5) is 10.5 Å². The number of hydrogen-bond acceptors (Lipinski definition) is 8. The fourth-order valence-corrected chi connectivity index (χ4v) is 4.77. The third-order valence-electron chi connectivity index (χ3n) is 6.32. The highest BCUT2D eigenvalue weighted by atomic mass is 35.5. The van der Waals surface area contributed by atoms with E-state index in [-0.39, 0.29) is 35.8 Å². The van der Waals surface area contributed by atoms with Crippen molar-refractivity contribution in [2.75, 3.05) is 19.6 Å². The van der Waals surface area contributed by atoms with Crippen LogP contribution in [0.1, 0.15) is 42.8 Å². The third kappa shape index (κ3) is 5.28. The Morgan fingerprint density at radius 1 is 1.26 bits per heavy atom. The first-order chi connectivity index (χ1) is 18.7. The van der Waals surface area contributed by atoms with Gasteiger partial charge in [-0.1, -0.05) is 23.7 Å². The maximum Gasteiger partial charge on any atom is 0.326 e. The number of amidine groups is 1. The summed E-state index contributed by atoms with van der Waals surface area (Å²) in [6.45, 7) is 4.06. The van der Waals surface area contributed by atoms with Crippen molar-refractivity contribution in [2.45, 2.75) is 32.0 Å². The van der Waals surface area contributed by atoms with Crippen LogP contribution in [-0.2, 0) is 4.79 Å². The highest BCUT2D eigenvalue weighted by Gasteiger charge is 2.46. The van der Waals surface area contributed by atoms with Gasteiger partial charge in [-0.05, 0) is 37.6 Å². The average Bonchev–Trinajstić information content (AvgIpc) is 3.57. The number of rotatable bonds is 6. The highest BCUT2D eigenvalue weighted by molar-refractivity contribution is 6.30. The Kier molecular flexibility index (Phi) is 7.20. The summed E-state index contributed by atoms with van der Waals surface area (Å²) in [6, 6.07) is 9.29. The number of carbonyl (C=O) groups excluding carboxylic acids is 2. The number of nitro groups is 1. The summed E-state index contributed by atoms with van der Waals surface area (Å²) in [4.78, 5) is 49.3. The van der Waals surface area contributed by atoms with Crippen LogP contribution in [0.25, 0.3) is 0 Å². The van der Waals surface area contributed by atoms with Gasteiger partial charge in [0.05, 0.1) is 34.9 Å². The number of aliphatic imine (C=N–C) groups is 1. The van der Waals surface area contributed by atoms with E-state index in [1.54, 1.807) is 38.1 Å². The zero-order valence-corrected chi connectivity index (χ0v) is 21.9. The van der Waals surface area contributed by atoms with Crippen LogP contribution in [0.2, 0.25) is 5.02 Å². The molecule has 12 nitrogen and oxygen atoms in total. The molecule has 5 rings (SSSR count). The number of aromatic nitrogens is 1. The van der Waals surface area contributed by atoms with Gasteiger partial charge in [-0.15, -0.1) is 0 Å². The van der Waals surface area contributed by atoms with Crippen molar-refractivity contribution < 1.29 is 23.7 Å². The lowest BCUT2D eigenvalue weighted by Gasteiger charge is -2.35. The monoisotopic (exact) mass is 552 g/mol. The van der Waals surface area contributed by atoms with Crippen LogP contribution in [-0.4, -0.2) is 63.2 Å². The second-order valence-electron chi connectivity index (χ2n) is 9.33. The summed E-state index contributed by atoms with van der Waals surface area (Å²) in [5.74, 6) is 0.548. The molecular formula is C26H25ClN6O6. The molecule has 0 bridgehead atoms. The van der Waals surface area contributed by atoms with Crippen LogP contribution in [0.5, 0.6) is 5.75 Å². The molecule has 39 heavy (non-hydrogen) atoms. The first-order valence-electron chi connectivity index (χ1n) is 12.2. The van der Waals surface area contributed by atoms with Crippen molar-refractivity contribution in [3.05, 3.63) is 87.1 Å². The number of nitrogens with zero attached hydrogens (tertiary/aromatic N) is 5. The maximum atomic E-state index is 14.2.